The van der Waals surface area contributed by atoms with Crippen molar-refractivity contribution >= 4 is 31.3 Å². The van der Waals surface area contributed by atoms with Gasteiger partial charge >= 0.3 is 0 Å². The van der Waals surface area contributed by atoms with Gasteiger partial charge in [-0.3, -0.25) is 24.5 Å². The van der Waals surface area contributed by atoms with Crippen molar-refractivity contribution in [3.63, 3.8) is 0 Å². The Hall–Kier alpha value is -2.12. The number of H-pyrrole nitrogens is 1. The molecule has 0 aliphatic carbocycles. The molecule has 32 heavy (non-hydrogen) atoms. The summed E-state index contributed by atoms with van der Waals surface area (Å²) in [6.07, 6.45) is -2.94. The van der Waals surface area contributed by atoms with Crippen LogP contribution in [0, 0.1) is 5.92 Å². The molecule has 1 aliphatic heterocycles. The molecule has 1 saturated heterocycles. The van der Waals surface area contributed by atoms with Crippen LogP contribution in [0.2, 0.25) is 18.1 Å². The predicted molar refractivity (Wildman–Crippen MR) is 121 cm³/mol. The molecule has 178 valence electrons. The van der Waals surface area contributed by atoms with Gasteiger partial charge in [-0.15, -0.1) is 0 Å². The van der Waals surface area contributed by atoms with Crippen LogP contribution in [-0.2, 0) is 14.0 Å². The normalized spacial score (nSPS) is 24.4. The van der Waals surface area contributed by atoms with Gasteiger partial charge in [-0.05, 0) is 18.1 Å². The number of aliphatic hydroxyl groups is 2. The van der Waals surface area contributed by atoms with Crippen LogP contribution in [-0.4, -0.2) is 68.9 Å². The van der Waals surface area contributed by atoms with Crippen molar-refractivity contribution in [2.45, 2.75) is 77.3 Å². The first-order valence-corrected chi connectivity index (χ1v) is 13.6. The summed E-state index contributed by atoms with van der Waals surface area (Å²) >= 11 is 0. The minimum Gasteiger partial charge on any atom is -0.414 e. The zero-order valence-electron chi connectivity index (χ0n) is 19.5. The molecular weight excluding hydrogens is 434 g/mol. The predicted octanol–water partition coefficient (Wildman–Crippen LogP) is 1.36. The highest BCUT2D eigenvalue weighted by atomic mass is 28.4. The van der Waals surface area contributed by atoms with E-state index in [9.17, 15) is 19.8 Å². The highest BCUT2D eigenvalue weighted by Crippen LogP contribution is 2.38. The Labute approximate surface area is 187 Å². The van der Waals surface area contributed by atoms with Crippen LogP contribution in [0.1, 0.15) is 40.8 Å². The van der Waals surface area contributed by atoms with Crippen LogP contribution in [0.3, 0.4) is 0 Å². The summed E-state index contributed by atoms with van der Waals surface area (Å²) in [5, 5.41) is 23.8. The molecule has 2 aromatic heterocycles. The summed E-state index contributed by atoms with van der Waals surface area (Å²) in [5.74, 6) is -0.652. The van der Waals surface area contributed by atoms with Crippen molar-refractivity contribution in [2.75, 3.05) is 11.9 Å². The lowest BCUT2D eigenvalue weighted by atomic mass is 10.1. The first-order valence-electron chi connectivity index (χ1n) is 10.7. The molecule has 0 spiro atoms. The lowest BCUT2D eigenvalue weighted by Gasteiger charge is -2.37. The maximum atomic E-state index is 12.4. The fourth-order valence-electron chi connectivity index (χ4n) is 3.04. The molecule has 2 aromatic rings. The maximum absolute atomic E-state index is 12.4. The number of imidazole rings is 1. The summed E-state index contributed by atoms with van der Waals surface area (Å²) in [6.45, 7) is 14.1. The molecule has 0 saturated carbocycles. The quantitative estimate of drug-likeness (QED) is 0.465. The number of ether oxygens (including phenoxy) is 1. The summed E-state index contributed by atoms with van der Waals surface area (Å²) in [6, 6.07) is 0. The Kier molecular flexibility index (Phi) is 6.64. The number of hydrogen-bond acceptors (Lipinski definition) is 8. The number of carbonyl (C=O) groups is 1. The molecule has 4 atom stereocenters. The summed E-state index contributed by atoms with van der Waals surface area (Å²) in [4.78, 5) is 35.2. The van der Waals surface area contributed by atoms with Crippen molar-refractivity contribution in [1.82, 2.24) is 19.5 Å². The van der Waals surface area contributed by atoms with Gasteiger partial charge in [-0.25, -0.2) is 4.98 Å². The summed E-state index contributed by atoms with van der Waals surface area (Å²) < 4.78 is 13.5. The van der Waals surface area contributed by atoms with E-state index in [1.54, 1.807) is 13.8 Å². The number of hydrogen-bond donors (Lipinski definition) is 4. The Balaban J connectivity index is 1.86. The number of rotatable bonds is 6. The molecule has 0 aromatic carbocycles. The van der Waals surface area contributed by atoms with E-state index in [0.29, 0.717) is 0 Å². The number of aromatic nitrogens is 4. The highest BCUT2D eigenvalue weighted by Gasteiger charge is 2.46. The summed E-state index contributed by atoms with van der Waals surface area (Å²) in [5.41, 5.74) is -0.396. The lowest BCUT2D eigenvalue weighted by Crippen LogP contribution is -2.44. The van der Waals surface area contributed by atoms with Crippen LogP contribution in [0.25, 0.3) is 11.2 Å². The van der Waals surface area contributed by atoms with E-state index in [2.05, 4.69) is 54.1 Å². The zero-order valence-corrected chi connectivity index (χ0v) is 20.5. The minimum absolute atomic E-state index is 0.0170. The molecule has 4 N–H and O–H groups in total. The Bertz CT molecular complexity index is 1040. The SMILES string of the molecule is CC(C)C(=O)Nc1nc2c(ncn2C2OC(CO[Si](C)(C)C(C)(C)C)C(O)C2O)c(=O)[nH]1. The van der Waals surface area contributed by atoms with E-state index < -0.39 is 38.4 Å². The van der Waals surface area contributed by atoms with Crippen LogP contribution in [0.5, 0.6) is 0 Å². The smallest absolute Gasteiger partial charge is 0.280 e. The van der Waals surface area contributed by atoms with Gasteiger partial charge in [-0.2, -0.15) is 4.98 Å². The fourth-order valence-corrected chi connectivity index (χ4v) is 4.05. The van der Waals surface area contributed by atoms with Crippen molar-refractivity contribution < 1.29 is 24.2 Å². The Morgan fingerprint density at radius 2 is 2.00 bits per heavy atom. The van der Waals surface area contributed by atoms with Gasteiger partial charge in [0.2, 0.25) is 11.9 Å². The average molecular weight is 468 g/mol. The number of anilines is 1. The van der Waals surface area contributed by atoms with Gasteiger partial charge in [-0.1, -0.05) is 34.6 Å². The topological polar surface area (TPSA) is 152 Å². The van der Waals surface area contributed by atoms with E-state index in [1.807, 2.05) is 0 Å². The third kappa shape index (κ3) is 4.64. The maximum Gasteiger partial charge on any atom is 0.280 e. The number of aromatic amines is 1. The van der Waals surface area contributed by atoms with E-state index in [-0.39, 0.29) is 40.6 Å². The van der Waals surface area contributed by atoms with E-state index in [0.717, 1.165) is 0 Å². The number of nitrogens with one attached hydrogen (secondary N) is 2. The van der Waals surface area contributed by atoms with E-state index in [4.69, 9.17) is 9.16 Å². The number of fused-ring (bicyclic) bond motifs is 1. The molecule has 3 rings (SSSR count). The van der Waals surface area contributed by atoms with Crippen molar-refractivity contribution in [3.05, 3.63) is 16.7 Å². The Morgan fingerprint density at radius 1 is 1.34 bits per heavy atom. The van der Waals surface area contributed by atoms with Crippen molar-refractivity contribution in [2.24, 2.45) is 5.92 Å². The highest BCUT2D eigenvalue weighted by molar-refractivity contribution is 6.74. The van der Waals surface area contributed by atoms with Crippen LogP contribution in [0.15, 0.2) is 11.1 Å². The summed E-state index contributed by atoms with van der Waals surface area (Å²) in [7, 11) is -2.09. The number of nitrogens with zero attached hydrogens (tertiary/aromatic N) is 3. The largest absolute Gasteiger partial charge is 0.414 e. The van der Waals surface area contributed by atoms with Crippen LogP contribution in [0.4, 0.5) is 5.95 Å². The monoisotopic (exact) mass is 467 g/mol. The number of amides is 1. The number of carbonyl (C=O) groups excluding carboxylic acids is 1. The second kappa shape index (κ2) is 8.67. The molecule has 4 unspecified atom stereocenters. The van der Waals surface area contributed by atoms with Gasteiger partial charge in [0.1, 0.15) is 18.3 Å². The average Bonchev–Trinajstić information content (AvgIpc) is 3.21. The first kappa shape index (κ1) is 24.5. The van der Waals surface area contributed by atoms with Gasteiger partial charge < -0.3 is 19.4 Å². The van der Waals surface area contributed by atoms with Gasteiger partial charge in [0.25, 0.3) is 5.56 Å². The van der Waals surface area contributed by atoms with Crippen LogP contribution >= 0.6 is 0 Å². The molecule has 1 fully saturated rings. The molecule has 0 bridgehead atoms. The minimum atomic E-state index is -2.09. The van der Waals surface area contributed by atoms with Crippen molar-refractivity contribution in [3.8, 4) is 0 Å². The fraction of sp³-hybridized carbons (Fsp3) is 0.700. The molecule has 1 aliphatic rings. The molecule has 3 heterocycles. The first-order chi connectivity index (χ1) is 14.7. The molecule has 1 amide bonds. The second-order valence-corrected chi connectivity index (χ2v) is 14.8. The van der Waals surface area contributed by atoms with E-state index >= 15 is 0 Å². The molecule has 11 nitrogen and oxygen atoms in total. The third-order valence-electron chi connectivity index (χ3n) is 6.22. The standard InChI is InChI=1S/C20H33N5O6Si/c1-10(2)16(28)23-19-22-15-12(17(29)24-19)21-9-25(15)18-14(27)13(26)11(31-18)8-30-32(6,7)20(3,4)5/h9-11,13-14,18,26-27H,8H2,1-7H3,(H2,22,23,24,28,29). The second-order valence-electron chi connectivity index (χ2n) is 10.0. The van der Waals surface area contributed by atoms with Gasteiger partial charge in [0.05, 0.1) is 12.9 Å². The Morgan fingerprint density at radius 3 is 2.59 bits per heavy atom. The van der Waals surface area contributed by atoms with Crippen LogP contribution < -0.4 is 10.9 Å². The molecule has 12 heteroatoms. The number of aliphatic hydroxyl groups excluding tert-OH is 2. The third-order valence-corrected chi connectivity index (χ3v) is 10.7. The zero-order chi connectivity index (χ0) is 24.0. The lowest BCUT2D eigenvalue weighted by molar-refractivity contribution is -0.118. The van der Waals surface area contributed by atoms with E-state index in [1.165, 1.54) is 10.9 Å². The molecular formula is C20H33N5O6Si. The molecule has 0 radical (unpaired) electrons. The van der Waals surface area contributed by atoms with Gasteiger partial charge in [0.15, 0.2) is 25.7 Å². The van der Waals surface area contributed by atoms with Gasteiger partial charge in [0, 0.05) is 5.92 Å². The van der Waals surface area contributed by atoms with Crippen molar-refractivity contribution in [1.29, 1.82) is 0 Å².